The number of hydrogen-bond acceptors (Lipinski definition) is 4. The summed E-state index contributed by atoms with van der Waals surface area (Å²) in [6.07, 6.45) is 8.53. The highest BCUT2D eigenvalue weighted by Crippen LogP contribution is 2.27. The normalized spacial score (nSPS) is 16.9. The Morgan fingerprint density at radius 3 is 2.58 bits per heavy atom. The van der Waals surface area contributed by atoms with Crippen LogP contribution >= 0.6 is 0 Å². The van der Waals surface area contributed by atoms with Gasteiger partial charge >= 0.3 is 0 Å². The van der Waals surface area contributed by atoms with Crippen molar-refractivity contribution in [2.75, 3.05) is 11.9 Å². The molecular weight excluding hydrogens is 236 g/mol. The smallest absolute Gasteiger partial charge is 0.131 e. The number of rotatable bonds is 4. The molecule has 1 aliphatic carbocycles. The Hall–Kier alpha value is -1.16. The SMILES string of the molecule is CC(C)c1ncc(N(C)C2CCCCC2)c(CN)n1. The molecule has 4 heteroatoms. The molecule has 0 unspecified atom stereocenters. The van der Waals surface area contributed by atoms with Crippen LogP contribution in [0.1, 0.15) is 63.4 Å². The van der Waals surface area contributed by atoms with Gasteiger partial charge in [-0.25, -0.2) is 9.97 Å². The van der Waals surface area contributed by atoms with Crippen molar-refractivity contribution < 1.29 is 0 Å². The second-order valence-corrected chi connectivity index (χ2v) is 5.82. The minimum absolute atomic E-state index is 0.347. The van der Waals surface area contributed by atoms with Gasteiger partial charge in [0.05, 0.1) is 17.6 Å². The molecule has 4 nitrogen and oxygen atoms in total. The quantitative estimate of drug-likeness (QED) is 0.906. The molecule has 2 N–H and O–H groups in total. The summed E-state index contributed by atoms with van der Waals surface area (Å²) in [7, 11) is 2.16. The molecule has 1 aromatic rings. The van der Waals surface area contributed by atoms with Gasteiger partial charge in [0.2, 0.25) is 0 Å². The average Bonchev–Trinajstić information content (AvgIpc) is 2.46. The highest BCUT2D eigenvalue weighted by atomic mass is 15.2. The van der Waals surface area contributed by atoms with Gasteiger partial charge in [-0.1, -0.05) is 33.1 Å². The van der Waals surface area contributed by atoms with Crippen molar-refractivity contribution in [3.63, 3.8) is 0 Å². The summed E-state index contributed by atoms with van der Waals surface area (Å²) in [6.45, 7) is 4.70. The maximum atomic E-state index is 5.87. The van der Waals surface area contributed by atoms with Crippen molar-refractivity contribution in [3.05, 3.63) is 17.7 Å². The molecule has 0 atom stereocenters. The van der Waals surface area contributed by atoms with Gasteiger partial charge in [0.25, 0.3) is 0 Å². The molecule has 0 saturated heterocycles. The fourth-order valence-corrected chi connectivity index (χ4v) is 2.81. The molecule has 1 saturated carbocycles. The summed E-state index contributed by atoms with van der Waals surface area (Å²) in [5.74, 6) is 1.24. The van der Waals surface area contributed by atoms with Crippen LogP contribution in [0.25, 0.3) is 0 Å². The first-order valence-electron chi connectivity index (χ1n) is 7.42. The van der Waals surface area contributed by atoms with Crippen LogP contribution in [0.15, 0.2) is 6.20 Å². The van der Waals surface area contributed by atoms with E-state index in [1.807, 2.05) is 6.20 Å². The third-order valence-corrected chi connectivity index (χ3v) is 4.08. The zero-order valence-electron chi connectivity index (χ0n) is 12.4. The largest absolute Gasteiger partial charge is 0.369 e. The Morgan fingerprint density at radius 1 is 1.32 bits per heavy atom. The first kappa shape index (κ1) is 14.3. The van der Waals surface area contributed by atoms with Crippen molar-refractivity contribution in [1.82, 2.24) is 9.97 Å². The molecule has 1 aromatic heterocycles. The molecule has 106 valence electrons. The lowest BCUT2D eigenvalue weighted by molar-refractivity contribution is 0.426. The molecule has 0 aliphatic heterocycles. The van der Waals surface area contributed by atoms with Crippen molar-refractivity contribution in [2.45, 2.75) is 64.5 Å². The van der Waals surface area contributed by atoms with Crippen LogP contribution in [-0.2, 0) is 6.54 Å². The molecule has 0 bridgehead atoms. The van der Waals surface area contributed by atoms with E-state index in [-0.39, 0.29) is 0 Å². The third kappa shape index (κ3) is 3.24. The highest BCUT2D eigenvalue weighted by Gasteiger charge is 2.21. The second kappa shape index (κ2) is 6.33. The molecule has 2 rings (SSSR count). The van der Waals surface area contributed by atoms with Gasteiger partial charge in [0.1, 0.15) is 5.82 Å². The standard InChI is InChI=1S/C15H26N4/c1-11(2)15-17-10-14(13(9-16)18-15)19(3)12-7-5-4-6-8-12/h10-12H,4-9,16H2,1-3H3. The van der Waals surface area contributed by atoms with E-state index in [0.717, 1.165) is 17.2 Å². The summed E-state index contributed by atoms with van der Waals surface area (Å²) in [4.78, 5) is 11.5. The van der Waals surface area contributed by atoms with Gasteiger partial charge in [0.15, 0.2) is 0 Å². The molecule has 0 aromatic carbocycles. The predicted molar refractivity (Wildman–Crippen MR) is 79.3 cm³/mol. The van der Waals surface area contributed by atoms with E-state index in [4.69, 9.17) is 5.73 Å². The number of nitrogens with two attached hydrogens (primary N) is 1. The molecule has 0 spiro atoms. The maximum Gasteiger partial charge on any atom is 0.131 e. The molecule has 0 radical (unpaired) electrons. The number of aromatic nitrogens is 2. The predicted octanol–water partition coefficient (Wildman–Crippen LogP) is 2.83. The Morgan fingerprint density at radius 2 is 2.00 bits per heavy atom. The first-order chi connectivity index (χ1) is 9.13. The Bertz CT molecular complexity index is 411. The van der Waals surface area contributed by atoms with E-state index in [9.17, 15) is 0 Å². The third-order valence-electron chi connectivity index (χ3n) is 4.08. The zero-order chi connectivity index (χ0) is 13.8. The lowest BCUT2D eigenvalue weighted by atomic mass is 9.94. The molecule has 19 heavy (non-hydrogen) atoms. The van der Waals surface area contributed by atoms with Crippen molar-refractivity contribution in [2.24, 2.45) is 5.73 Å². The van der Waals surface area contributed by atoms with E-state index in [1.54, 1.807) is 0 Å². The molecule has 0 amide bonds. The molecule has 1 fully saturated rings. The molecular formula is C15H26N4. The van der Waals surface area contributed by atoms with Crippen LogP contribution in [0.2, 0.25) is 0 Å². The lowest BCUT2D eigenvalue weighted by Crippen LogP contribution is -2.34. The summed E-state index contributed by atoms with van der Waals surface area (Å²) < 4.78 is 0. The van der Waals surface area contributed by atoms with Crippen molar-refractivity contribution >= 4 is 5.69 Å². The summed E-state index contributed by atoms with van der Waals surface area (Å²) in [5, 5.41) is 0. The minimum atomic E-state index is 0.347. The first-order valence-corrected chi connectivity index (χ1v) is 7.42. The van der Waals surface area contributed by atoms with Gasteiger partial charge in [0, 0.05) is 25.6 Å². The molecule has 1 heterocycles. The van der Waals surface area contributed by atoms with Gasteiger partial charge < -0.3 is 10.6 Å². The molecule has 1 aliphatic rings. The fraction of sp³-hybridized carbons (Fsp3) is 0.733. The number of anilines is 1. The van der Waals surface area contributed by atoms with E-state index in [0.29, 0.717) is 18.5 Å². The van der Waals surface area contributed by atoms with Crippen LogP contribution < -0.4 is 10.6 Å². The monoisotopic (exact) mass is 262 g/mol. The summed E-state index contributed by atoms with van der Waals surface area (Å²) >= 11 is 0. The van der Waals surface area contributed by atoms with Crippen LogP contribution in [0.3, 0.4) is 0 Å². The van der Waals surface area contributed by atoms with Crippen LogP contribution in [0.5, 0.6) is 0 Å². The minimum Gasteiger partial charge on any atom is -0.369 e. The Kier molecular flexibility index (Phi) is 4.75. The van der Waals surface area contributed by atoms with Crippen molar-refractivity contribution in [1.29, 1.82) is 0 Å². The Labute approximate surface area is 116 Å². The number of nitrogens with zero attached hydrogens (tertiary/aromatic N) is 3. The van der Waals surface area contributed by atoms with Gasteiger partial charge in [-0.2, -0.15) is 0 Å². The van der Waals surface area contributed by atoms with E-state index in [1.165, 1.54) is 32.1 Å². The van der Waals surface area contributed by atoms with Gasteiger partial charge in [-0.15, -0.1) is 0 Å². The highest BCUT2D eigenvalue weighted by molar-refractivity contribution is 5.49. The Balaban J connectivity index is 2.22. The summed E-state index contributed by atoms with van der Waals surface area (Å²) in [5.41, 5.74) is 7.96. The zero-order valence-corrected chi connectivity index (χ0v) is 12.4. The van der Waals surface area contributed by atoms with Gasteiger partial charge in [-0.3, -0.25) is 0 Å². The van der Waals surface area contributed by atoms with Crippen LogP contribution in [-0.4, -0.2) is 23.1 Å². The second-order valence-electron chi connectivity index (χ2n) is 5.82. The summed E-state index contributed by atoms with van der Waals surface area (Å²) in [6, 6.07) is 0.618. The lowest BCUT2D eigenvalue weighted by Gasteiger charge is -2.33. The van der Waals surface area contributed by atoms with Crippen LogP contribution in [0.4, 0.5) is 5.69 Å². The maximum absolute atomic E-state index is 5.87. The van der Waals surface area contributed by atoms with E-state index in [2.05, 4.69) is 35.8 Å². The van der Waals surface area contributed by atoms with Crippen molar-refractivity contribution in [3.8, 4) is 0 Å². The topological polar surface area (TPSA) is 55.0 Å². The average molecular weight is 262 g/mol. The van der Waals surface area contributed by atoms with E-state index >= 15 is 0 Å². The fourth-order valence-electron chi connectivity index (χ4n) is 2.81. The number of hydrogen-bond donors (Lipinski definition) is 1. The van der Waals surface area contributed by atoms with Gasteiger partial charge in [-0.05, 0) is 12.8 Å². The van der Waals surface area contributed by atoms with E-state index < -0.39 is 0 Å². The van der Waals surface area contributed by atoms with Crippen LogP contribution in [0, 0.1) is 0 Å².